The summed E-state index contributed by atoms with van der Waals surface area (Å²) in [6.45, 7) is 4.19. The number of halogens is 1. The third-order valence-electron chi connectivity index (χ3n) is 1.91. The lowest BCUT2D eigenvalue weighted by atomic mass is 9.99. The molecule has 0 atom stereocenters. The second kappa shape index (κ2) is 4.80. The summed E-state index contributed by atoms with van der Waals surface area (Å²) < 4.78 is 5.39. The molecule has 0 aromatic heterocycles. The maximum atomic E-state index is 9.71. The minimum absolute atomic E-state index is 0.655. The van der Waals surface area contributed by atoms with E-state index in [9.17, 15) is 5.11 Å². The molecule has 0 aliphatic heterocycles. The summed E-state index contributed by atoms with van der Waals surface area (Å²) in [6.07, 6.45) is 0. The van der Waals surface area contributed by atoms with Crippen LogP contribution in [0, 0.1) is 0 Å². The highest BCUT2D eigenvalue weighted by Crippen LogP contribution is 2.22. The molecule has 2 nitrogen and oxygen atoms in total. The van der Waals surface area contributed by atoms with Gasteiger partial charge in [0.15, 0.2) is 0 Å². The number of benzene rings is 1. The number of aliphatic hydroxyl groups is 1. The van der Waals surface area contributed by atoms with Gasteiger partial charge in [0, 0.05) is 5.33 Å². The van der Waals surface area contributed by atoms with Crippen molar-refractivity contribution in [3.8, 4) is 5.75 Å². The number of rotatable bonds is 4. The molecule has 0 saturated carbocycles. The Morgan fingerprint density at radius 1 is 1.29 bits per heavy atom. The molecular formula is C11H15BrO2. The smallest absolute Gasteiger partial charge is 0.119 e. The van der Waals surface area contributed by atoms with Crippen LogP contribution in [0.5, 0.6) is 5.75 Å². The lowest BCUT2D eigenvalue weighted by Gasteiger charge is -2.17. The zero-order valence-electron chi connectivity index (χ0n) is 8.46. The molecule has 1 rings (SSSR count). The van der Waals surface area contributed by atoms with Crippen LogP contribution >= 0.6 is 15.9 Å². The average Bonchev–Trinajstić information content (AvgIpc) is 2.14. The highest BCUT2D eigenvalue weighted by atomic mass is 79.9. The molecule has 0 bridgehead atoms. The van der Waals surface area contributed by atoms with E-state index >= 15 is 0 Å². The first-order valence-corrected chi connectivity index (χ1v) is 5.68. The van der Waals surface area contributed by atoms with Gasteiger partial charge < -0.3 is 9.84 Å². The second-order valence-electron chi connectivity index (χ2n) is 3.62. The predicted octanol–water partition coefficient (Wildman–Crippen LogP) is 2.69. The molecule has 0 heterocycles. The van der Waals surface area contributed by atoms with Crippen molar-refractivity contribution in [3.63, 3.8) is 0 Å². The molecular weight excluding hydrogens is 244 g/mol. The van der Waals surface area contributed by atoms with Crippen LogP contribution < -0.4 is 4.74 Å². The summed E-state index contributed by atoms with van der Waals surface area (Å²) >= 11 is 3.29. The molecule has 1 aromatic rings. The summed E-state index contributed by atoms with van der Waals surface area (Å²) in [5, 5.41) is 10.5. The Bertz CT molecular complexity index is 274. The number of alkyl halides is 1. The monoisotopic (exact) mass is 258 g/mol. The summed E-state index contributed by atoms with van der Waals surface area (Å²) in [5.41, 5.74) is 0.109. The van der Waals surface area contributed by atoms with Gasteiger partial charge in [0.1, 0.15) is 5.75 Å². The van der Waals surface area contributed by atoms with Gasteiger partial charge in [-0.3, -0.25) is 0 Å². The third kappa shape index (κ3) is 3.31. The van der Waals surface area contributed by atoms with E-state index in [0.29, 0.717) is 6.61 Å². The molecule has 0 saturated heterocycles. The van der Waals surface area contributed by atoms with Crippen LogP contribution in [0.1, 0.15) is 19.4 Å². The van der Waals surface area contributed by atoms with Crippen molar-refractivity contribution in [2.45, 2.75) is 19.4 Å². The summed E-state index contributed by atoms with van der Waals surface area (Å²) in [5.74, 6) is 0.831. The number of hydrogen-bond donors (Lipinski definition) is 1. The third-order valence-corrected chi connectivity index (χ3v) is 2.23. The molecule has 0 aliphatic rings. The minimum atomic E-state index is -0.784. The lowest BCUT2D eigenvalue weighted by Crippen LogP contribution is -2.15. The number of ether oxygens (including phenoxy) is 1. The molecule has 0 aliphatic carbocycles. The Balaban J connectivity index is 2.69. The zero-order chi connectivity index (χ0) is 10.6. The lowest BCUT2D eigenvalue weighted by molar-refractivity contribution is 0.0785. The first-order valence-electron chi connectivity index (χ1n) is 4.56. The van der Waals surface area contributed by atoms with E-state index < -0.39 is 5.60 Å². The van der Waals surface area contributed by atoms with Gasteiger partial charge in [-0.15, -0.1) is 0 Å². The molecule has 78 valence electrons. The summed E-state index contributed by atoms with van der Waals surface area (Å²) in [4.78, 5) is 0. The number of hydrogen-bond acceptors (Lipinski definition) is 2. The Morgan fingerprint density at radius 3 is 2.29 bits per heavy atom. The summed E-state index contributed by atoms with van der Waals surface area (Å²) in [6, 6.07) is 7.50. The fourth-order valence-corrected chi connectivity index (χ4v) is 1.28. The first-order chi connectivity index (χ1) is 6.54. The topological polar surface area (TPSA) is 29.5 Å². The molecule has 0 fully saturated rings. The van der Waals surface area contributed by atoms with E-state index in [4.69, 9.17) is 4.74 Å². The van der Waals surface area contributed by atoms with E-state index in [0.717, 1.165) is 16.6 Å². The average molecular weight is 259 g/mol. The molecule has 1 N–H and O–H groups in total. The molecule has 3 heteroatoms. The van der Waals surface area contributed by atoms with Crippen molar-refractivity contribution in [2.75, 3.05) is 11.9 Å². The fourth-order valence-electron chi connectivity index (χ4n) is 1.12. The predicted molar refractivity (Wildman–Crippen MR) is 61.0 cm³/mol. The zero-order valence-corrected chi connectivity index (χ0v) is 10.0. The SMILES string of the molecule is CC(C)(O)c1ccc(OCCBr)cc1. The Hall–Kier alpha value is -0.540. The maximum absolute atomic E-state index is 9.71. The van der Waals surface area contributed by atoms with Gasteiger partial charge in [0.25, 0.3) is 0 Å². The van der Waals surface area contributed by atoms with Gasteiger partial charge in [0.05, 0.1) is 12.2 Å². The molecule has 0 amide bonds. The van der Waals surface area contributed by atoms with Crippen molar-refractivity contribution in [1.82, 2.24) is 0 Å². The molecule has 1 aromatic carbocycles. The van der Waals surface area contributed by atoms with Gasteiger partial charge in [-0.25, -0.2) is 0 Å². The van der Waals surface area contributed by atoms with Crippen LogP contribution in [0.2, 0.25) is 0 Å². The van der Waals surface area contributed by atoms with Crippen LogP contribution in [0.3, 0.4) is 0 Å². The first kappa shape index (κ1) is 11.5. The van der Waals surface area contributed by atoms with Crippen LogP contribution in [0.25, 0.3) is 0 Å². The van der Waals surface area contributed by atoms with Crippen LogP contribution in [0.4, 0.5) is 0 Å². The Kier molecular flexibility index (Phi) is 3.96. The molecule has 0 radical (unpaired) electrons. The van der Waals surface area contributed by atoms with Gasteiger partial charge in [-0.05, 0) is 31.5 Å². The van der Waals surface area contributed by atoms with Crippen molar-refractivity contribution in [1.29, 1.82) is 0 Å². The van der Waals surface area contributed by atoms with Crippen LogP contribution in [0.15, 0.2) is 24.3 Å². The molecule has 0 unspecified atom stereocenters. The summed E-state index contributed by atoms with van der Waals surface area (Å²) in [7, 11) is 0. The van der Waals surface area contributed by atoms with Crippen molar-refractivity contribution < 1.29 is 9.84 Å². The minimum Gasteiger partial charge on any atom is -0.493 e. The fraction of sp³-hybridized carbons (Fsp3) is 0.455. The van der Waals surface area contributed by atoms with E-state index in [-0.39, 0.29) is 0 Å². The largest absolute Gasteiger partial charge is 0.493 e. The molecule has 14 heavy (non-hydrogen) atoms. The van der Waals surface area contributed by atoms with Gasteiger partial charge >= 0.3 is 0 Å². The van der Waals surface area contributed by atoms with E-state index in [1.54, 1.807) is 13.8 Å². The maximum Gasteiger partial charge on any atom is 0.119 e. The Labute approximate surface area is 93.0 Å². The highest BCUT2D eigenvalue weighted by Gasteiger charge is 2.14. The Morgan fingerprint density at radius 2 is 1.86 bits per heavy atom. The van der Waals surface area contributed by atoms with Crippen molar-refractivity contribution in [2.24, 2.45) is 0 Å². The van der Waals surface area contributed by atoms with E-state index in [1.807, 2.05) is 24.3 Å². The van der Waals surface area contributed by atoms with Gasteiger partial charge in [0.2, 0.25) is 0 Å². The van der Waals surface area contributed by atoms with Gasteiger partial charge in [-0.1, -0.05) is 28.1 Å². The quantitative estimate of drug-likeness (QED) is 0.842. The van der Waals surface area contributed by atoms with E-state index in [2.05, 4.69) is 15.9 Å². The van der Waals surface area contributed by atoms with Crippen molar-refractivity contribution >= 4 is 15.9 Å². The van der Waals surface area contributed by atoms with Gasteiger partial charge in [-0.2, -0.15) is 0 Å². The normalized spacial score (nSPS) is 11.4. The van der Waals surface area contributed by atoms with Crippen molar-refractivity contribution in [3.05, 3.63) is 29.8 Å². The second-order valence-corrected chi connectivity index (χ2v) is 4.41. The van der Waals surface area contributed by atoms with E-state index in [1.165, 1.54) is 0 Å². The van der Waals surface area contributed by atoms with Crippen LogP contribution in [-0.2, 0) is 5.60 Å². The van der Waals surface area contributed by atoms with Crippen LogP contribution in [-0.4, -0.2) is 17.0 Å². The molecule has 0 spiro atoms. The standard InChI is InChI=1S/C11H15BrO2/c1-11(2,13)9-3-5-10(6-4-9)14-8-7-12/h3-6,13H,7-8H2,1-2H3. The highest BCUT2D eigenvalue weighted by molar-refractivity contribution is 9.09.